The third-order valence-electron chi connectivity index (χ3n) is 3.40. The molecule has 2 amide bonds. The monoisotopic (exact) mass is 364 g/mol. The Kier molecular flexibility index (Phi) is 5.31. The Hall–Kier alpha value is -2.13. The second-order valence-corrected chi connectivity index (χ2v) is 7.20. The van der Waals surface area contributed by atoms with Crippen LogP contribution in [-0.2, 0) is 16.0 Å². The van der Waals surface area contributed by atoms with E-state index < -0.39 is 6.09 Å². The van der Waals surface area contributed by atoms with Crippen molar-refractivity contribution in [1.29, 1.82) is 0 Å². The number of nitrogens with zero attached hydrogens (tertiary/aromatic N) is 3. The summed E-state index contributed by atoms with van der Waals surface area (Å²) in [6, 6.07) is 8.12. The van der Waals surface area contributed by atoms with Gasteiger partial charge in [0, 0.05) is 5.69 Å². The number of aryl methyl sites for hydroxylation is 1. The van der Waals surface area contributed by atoms with Crippen LogP contribution in [0.2, 0.25) is 0 Å². The van der Waals surface area contributed by atoms with Crippen LogP contribution in [-0.4, -0.2) is 46.0 Å². The topological polar surface area (TPSA) is 84.4 Å². The normalized spacial score (nSPS) is 13.9. The molecule has 126 valence electrons. The van der Waals surface area contributed by atoms with Gasteiger partial charge in [0.15, 0.2) is 4.34 Å². The number of carbonyl (C=O) groups is 2. The van der Waals surface area contributed by atoms with E-state index in [1.807, 2.05) is 12.1 Å². The van der Waals surface area contributed by atoms with Gasteiger partial charge in [0.1, 0.15) is 6.61 Å². The molecule has 1 saturated heterocycles. The Labute approximate surface area is 147 Å². The average Bonchev–Trinajstić information content (AvgIpc) is 3.22. The lowest BCUT2D eigenvalue weighted by Gasteiger charge is -2.08. The zero-order chi connectivity index (χ0) is 16.9. The maximum absolute atomic E-state index is 11.9. The first-order valence-corrected chi connectivity index (χ1v) is 9.25. The first kappa shape index (κ1) is 16.7. The zero-order valence-corrected chi connectivity index (χ0v) is 14.7. The van der Waals surface area contributed by atoms with Crippen LogP contribution in [0.4, 0.5) is 15.6 Å². The molecule has 3 rings (SSSR count). The van der Waals surface area contributed by atoms with E-state index >= 15 is 0 Å². The highest BCUT2D eigenvalue weighted by atomic mass is 32.2. The largest absolute Gasteiger partial charge is 0.447 e. The molecular formula is C15H16N4O3S2. The van der Waals surface area contributed by atoms with Crippen LogP contribution in [0.15, 0.2) is 28.6 Å². The lowest BCUT2D eigenvalue weighted by molar-refractivity contribution is -0.125. The molecule has 1 fully saturated rings. The van der Waals surface area contributed by atoms with Crippen LogP contribution in [0, 0.1) is 0 Å². The summed E-state index contributed by atoms with van der Waals surface area (Å²) in [6.45, 7) is 2.69. The third-order valence-corrected chi connectivity index (χ3v) is 5.36. The first-order valence-electron chi connectivity index (χ1n) is 7.45. The fourth-order valence-corrected chi connectivity index (χ4v) is 3.74. The van der Waals surface area contributed by atoms with Crippen molar-refractivity contribution in [2.24, 2.45) is 0 Å². The van der Waals surface area contributed by atoms with Gasteiger partial charge in [-0.05, 0) is 24.1 Å². The van der Waals surface area contributed by atoms with Gasteiger partial charge in [-0.2, -0.15) is 0 Å². The minimum absolute atomic E-state index is 0.134. The van der Waals surface area contributed by atoms with E-state index in [0.29, 0.717) is 16.0 Å². The van der Waals surface area contributed by atoms with E-state index in [-0.39, 0.29) is 18.3 Å². The van der Waals surface area contributed by atoms with Crippen LogP contribution in [0.25, 0.3) is 0 Å². The van der Waals surface area contributed by atoms with E-state index in [0.717, 1.165) is 17.0 Å². The highest BCUT2D eigenvalue weighted by Gasteiger charge is 2.28. The molecule has 1 N–H and O–H groups in total. The molecule has 0 radical (unpaired) electrons. The minimum atomic E-state index is -0.573. The Morgan fingerprint density at radius 2 is 2.17 bits per heavy atom. The van der Waals surface area contributed by atoms with Gasteiger partial charge >= 0.3 is 6.09 Å². The second kappa shape index (κ2) is 7.63. The maximum Gasteiger partial charge on any atom is 0.416 e. The van der Waals surface area contributed by atoms with Crippen molar-refractivity contribution in [3.8, 4) is 0 Å². The number of ether oxygens (including phenoxy) is 1. The second-order valence-electron chi connectivity index (χ2n) is 5.00. The summed E-state index contributed by atoms with van der Waals surface area (Å²) in [4.78, 5) is 24.4. The summed E-state index contributed by atoms with van der Waals surface area (Å²) in [5.74, 6) is -0.142. The number of carbonyl (C=O) groups excluding carboxylic acids is 2. The van der Waals surface area contributed by atoms with Gasteiger partial charge < -0.3 is 10.1 Å². The number of nitrogens with one attached hydrogen (secondary N) is 1. The zero-order valence-electron chi connectivity index (χ0n) is 13.0. The van der Waals surface area contributed by atoms with Gasteiger partial charge in [-0.15, -0.1) is 10.2 Å². The molecule has 1 aromatic heterocycles. The lowest BCUT2D eigenvalue weighted by Crippen LogP contribution is -2.32. The minimum Gasteiger partial charge on any atom is -0.447 e. The summed E-state index contributed by atoms with van der Waals surface area (Å²) < 4.78 is 5.42. The molecule has 0 aliphatic carbocycles. The van der Waals surface area contributed by atoms with Crippen LogP contribution in [0.1, 0.15) is 12.5 Å². The maximum atomic E-state index is 11.9. The highest BCUT2D eigenvalue weighted by molar-refractivity contribution is 8.01. The van der Waals surface area contributed by atoms with Crippen molar-refractivity contribution in [1.82, 2.24) is 15.1 Å². The van der Waals surface area contributed by atoms with E-state index in [1.54, 1.807) is 0 Å². The number of cyclic esters (lactones) is 1. The summed E-state index contributed by atoms with van der Waals surface area (Å²) in [6.07, 6.45) is 0.425. The predicted molar refractivity (Wildman–Crippen MR) is 92.8 cm³/mol. The molecule has 1 aliphatic heterocycles. The Bertz CT molecular complexity index is 733. The number of benzene rings is 1. The quantitative estimate of drug-likeness (QED) is 0.789. The number of anilines is 2. The van der Waals surface area contributed by atoms with Crippen molar-refractivity contribution in [3.05, 3.63) is 29.8 Å². The van der Waals surface area contributed by atoms with E-state index in [1.165, 1.54) is 28.7 Å². The molecule has 1 aliphatic rings. The van der Waals surface area contributed by atoms with E-state index in [9.17, 15) is 9.59 Å². The molecule has 0 bridgehead atoms. The van der Waals surface area contributed by atoms with E-state index in [2.05, 4.69) is 34.6 Å². The molecule has 7 nitrogen and oxygen atoms in total. The molecule has 2 heterocycles. The van der Waals surface area contributed by atoms with Gasteiger partial charge in [0.2, 0.25) is 11.0 Å². The standard InChI is InChI=1S/C15H16N4O3S2/c1-2-10-3-5-11(6-4-10)16-13-17-18-14(24-13)23-9-12(20)19-7-8-22-15(19)21/h3-6H,2,7-9H2,1H3,(H,16,17). The fraction of sp³-hybridized carbons (Fsp3) is 0.333. The number of imide groups is 1. The molecule has 9 heteroatoms. The summed E-state index contributed by atoms with van der Waals surface area (Å²) in [5.41, 5.74) is 2.21. The van der Waals surface area contributed by atoms with Crippen molar-refractivity contribution >= 4 is 45.9 Å². The Morgan fingerprint density at radius 3 is 2.83 bits per heavy atom. The molecule has 0 unspecified atom stereocenters. The first-order chi connectivity index (χ1) is 11.7. The molecule has 24 heavy (non-hydrogen) atoms. The fourth-order valence-electron chi connectivity index (χ4n) is 2.09. The van der Waals surface area contributed by atoms with Crippen LogP contribution < -0.4 is 5.32 Å². The van der Waals surface area contributed by atoms with Gasteiger partial charge in [-0.25, -0.2) is 9.69 Å². The number of aromatic nitrogens is 2. The van der Waals surface area contributed by atoms with Crippen molar-refractivity contribution in [3.63, 3.8) is 0 Å². The third kappa shape index (κ3) is 4.04. The molecule has 2 aromatic rings. The summed E-state index contributed by atoms with van der Waals surface area (Å²) in [7, 11) is 0. The molecule has 1 aromatic carbocycles. The number of hydrogen-bond donors (Lipinski definition) is 1. The van der Waals surface area contributed by atoms with Crippen molar-refractivity contribution in [2.45, 2.75) is 17.7 Å². The smallest absolute Gasteiger partial charge is 0.416 e. The van der Waals surface area contributed by atoms with Gasteiger partial charge in [-0.1, -0.05) is 42.2 Å². The number of amides is 2. The van der Waals surface area contributed by atoms with Crippen molar-refractivity contribution < 1.29 is 14.3 Å². The highest BCUT2D eigenvalue weighted by Crippen LogP contribution is 2.28. The van der Waals surface area contributed by atoms with Crippen LogP contribution >= 0.6 is 23.1 Å². The number of hydrogen-bond acceptors (Lipinski definition) is 8. The van der Waals surface area contributed by atoms with E-state index in [4.69, 9.17) is 4.74 Å². The Balaban J connectivity index is 1.53. The summed E-state index contributed by atoms with van der Waals surface area (Å²) >= 11 is 2.63. The van der Waals surface area contributed by atoms with Gasteiger partial charge in [-0.3, -0.25) is 4.79 Å². The molecule has 0 saturated carbocycles. The molecule has 0 spiro atoms. The van der Waals surface area contributed by atoms with Crippen molar-refractivity contribution in [2.75, 3.05) is 24.2 Å². The Morgan fingerprint density at radius 1 is 1.38 bits per heavy atom. The van der Waals surface area contributed by atoms with Gasteiger partial charge in [0.25, 0.3) is 0 Å². The average molecular weight is 364 g/mol. The SMILES string of the molecule is CCc1ccc(Nc2nnc(SCC(=O)N3CCOC3=O)s2)cc1. The molecule has 0 atom stereocenters. The summed E-state index contributed by atoms with van der Waals surface area (Å²) in [5, 5.41) is 12.0. The lowest BCUT2D eigenvalue weighted by atomic mass is 10.1. The predicted octanol–water partition coefficient (Wildman–Crippen LogP) is 2.92. The van der Waals surface area contributed by atoms with Gasteiger partial charge in [0.05, 0.1) is 12.3 Å². The van der Waals surface area contributed by atoms with Crippen LogP contribution in [0.3, 0.4) is 0 Å². The molecular weight excluding hydrogens is 348 g/mol. The number of thioether (sulfide) groups is 1. The number of rotatable bonds is 6. The van der Waals surface area contributed by atoms with Crippen LogP contribution in [0.5, 0.6) is 0 Å².